The number of rotatable bonds is 24. The molecule has 55 heavy (non-hydrogen) atoms. The van der Waals surface area contributed by atoms with Crippen LogP contribution < -0.4 is 55.3 Å². The molecule has 0 unspecified atom stereocenters. The maximum absolute atomic E-state index is 13.5. The van der Waals surface area contributed by atoms with Crippen molar-refractivity contribution in [1.29, 1.82) is 0 Å². The third-order valence-electron chi connectivity index (χ3n) is 8.56. The number of guanidine groups is 2. The molecule has 0 aromatic rings. The van der Waals surface area contributed by atoms with Crippen molar-refractivity contribution in [2.24, 2.45) is 50.5 Å². The monoisotopic (exact) mass is 783 g/mol. The van der Waals surface area contributed by atoms with E-state index < -0.39 is 96.7 Å². The highest BCUT2D eigenvalue weighted by Gasteiger charge is 2.37. The summed E-state index contributed by atoms with van der Waals surface area (Å²) in [5, 5.41) is 32.2. The standard InChI is InChI=1S/C33H61N13O9/c1-17(2)14-21(27(50)45-25(18(3)4)30(53)42-20(31(54)55)9-6-12-40-33(37)38)43-28(51)22(16-47)44-29(52)23-10-7-13-46(23)24(48)15-41-26(49)19(34)8-5-11-39-32(35)36/h17-23,25,47H,5-16,34H2,1-4H3,(H,41,49)(H,42,53)(H,43,51)(H,44,52)(H,45,50)(H,54,55)(H4,35,36,39)(H4,37,38,40)/t19-,20-,21-,22-,23-,25-/m0/s1. The predicted octanol–water partition coefficient (Wildman–Crippen LogP) is -4.75. The number of carboxylic acids is 1. The molecule has 22 nitrogen and oxygen atoms in total. The van der Waals surface area contributed by atoms with Gasteiger partial charge in [-0.3, -0.25) is 38.8 Å². The van der Waals surface area contributed by atoms with Gasteiger partial charge >= 0.3 is 5.97 Å². The van der Waals surface area contributed by atoms with E-state index in [1.807, 2.05) is 0 Å². The SMILES string of the molecule is CC(C)C[C@H](NC(=O)[C@H](CO)NC(=O)[C@@H]1CCCN1C(=O)CNC(=O)[C@@H](N)CCCN=C(N)N)C(=O)N[C@H](C(=O)N[C@@H](CCCN=C(N)N)C(=O)O)C(C)C. The molecular formula is C33H61N13O9. The van der Waals surface area contributed by atoms with Gasteiger partial charge in [0, 0.05) is 19.6 Å². The number of aliphatic hydroxyl groups excluding tert-OH is 1. The zero-order chi connectivity index (χ0) is 41.8. The van der Waals surface area contributed by atoms with Crippen molar-refractivity contribution >= 4 is 53.3 Å². The molecule has 0 spiro atoms. The van der Waals surface area contributed by atoms with Crippen LogP contribution in [0.15, 0.2) is 9.98 Å². The summed E-state index contributed by atoms with van der Waals surface area (Å²) >= 11 is 0. The minimum Gasteiger partial charge on any atom is -0.480 e. The number of nitrogens with two attached hydrogens (primary N) is 5. The molecule has 22 heteroatoms. The van der Waals surface area contributed by atoms with Crippen LogP contribution in [0.1, 0.15) is 72.6 Å². The number of aliphatic hydroxyl groups is 1. The van der Waals surface area contributed by atoms with E-state index in [4.69, 9.17) is 28.7 Å². The van der Waals surface area contributed by atoms with E-state index in [-0.39, 0.29) is 69.6 Å². The van der Waals surface area contributed by atoms with Gasteiger partial charge < -0.3 is 70.4 Å². The Morgan fingerprint density at radius 3 is 1.85 bits per heavy atom. The summed E-state index contributed by atoms with van der Waals surface area (Å²) in [6, 6.07) is -7.12. The Bertz CT molecular complexity index is 1380. The van der Waals surface area contributed by atoms with Gasteiger partial charge in [-0.2, -0.15) is 0 Å². The van der Waals surface area contributed by atoms with Crippen LogP contribution >= 0.6 is 0 Å². The number of carbonyl (C=O) groups is 7. The predicted molar refractivity (Wildman–Crippen MR) is 202 cm³/mol. The lowest BCUT2D eigenvalue weighted by molar-refractivity contribution is -0.143. The van der Waals surface area contributed by atoms with Gasteiger partial charge in [0.05, 0.1) is 19.2 Å². The molecular weight excluding hydrogens is 722 g/mol. The molecule has 1 heterocycles. The second-order valence-corrected chi connectivity index (χ2v) is 14.0. The van der Waals surface area contributed by atoms with Gasteiger partial charge in [-0.1, -0.05) is 27.7 Å². The third kappa shape index (κ3) is 17.6. The zero-order valence-corrected chi connectivity index (χ0v) is 32.1. The van der Waals surface area contributed by atoms with E-state index in [1.165, 1.54) is 4.90 Å². The highest BCUT2D eigenvalue weighted by Crippen LogP contribution is 2.18. The van der Waals surface area contributed by atoms with Crippen molar-refractivity contribution in [1.82, 2.24) is 31.5 Å². The molecule has 0 bridgehead atoms. The van der Waals surface area contributed by atoms with Crippen LogP contribution in [0.5, 0.6) is 0 Å². The number of carboxylic acid groups (broad SMARTS) is 1. The normalized spacial score (nSPS) is 16.5. The van der Waals surface area contributed by atoms with Gasteiger partial charge in [0.2, 0.25) is 35.4 Å². The number of likely N-dealkylation sites (tertiary alicyclic amines) is 1. The molecule has 6 atom stereocenters. The number of nitrogens with one attached hydrogen (secondary N) is 5. The smallest absolute Gasteiger partial charge is 0.326 e. The highest BCUT2D eigenvalue weighted by atomic mass is 16.4. The number of nitrogens with zero attached hydrogens (tertiary/aromatic N) is 3. The second kappa shape index (κ2) is 24.2. The number of amides is 6. The number of aliphatic imine (C=N–C) groups is 2. The Labute approximate surface area is 320 Å². The van der Waals surface area contributed by atoms with Crippen molar-refractivity contribution in [3.05, 3.63) is 0 Å². The molecule has 1 fully saturated rings. The van der Waals surface area contributed by atoms with Crippen molar-refractivity contribution in [3.63, 3.8) is 0 Å². The summed E-state index contributed by atoms with van der Waals surface area (Å²) in [5.41, 5.74) is 27.0. The van der Waals surface area contributed by atoms with E-state index in [9.17, 15) is 43.8 Å². The lowest BCUT2D eigenvalue weighted by atomic mass is 9.99. The van der Waals surface area contributed by atoms with Gasteiger partial charge in [0.25, 0.3) is 0 Å². The first kappa shape index (κ1) is 47.8. The van der Waals surface area contributed by atoms with Crippen molar-refractivity contribution in [2.45, 2.75) is 109 Å². The highest BCUT2D eigenvalue weighted by molar-refractivity contribution is 5.96. The number of carbonyl (C=O) groups excluding carboxylic acids is 6. The summed E-state index contributed by atoms with van der Waals surface area (Å²) < 4.78 is 0. The Morgan fingerprint density at radius 1 is 0.764 bits per heavy atom. The van der Waals surface area contributed by atoms with Crippen LogP contribution in [0.2, 0.25) is 0 Å². The lowest BCUT2D eigenvalue weighted by Crippen LogP contribution is -2.60. The first-order valence-electron chi connectivity index (χ1n) is 18.3. The minimum atomic E-state index is -1.51. The lowest BCUT2D eigenvalue weighted by Gasteiger charge is -2.29. The van der Waals surface area contributed by atoms with Gasteiger partial charge in [0.15, 0.2) is 11.9 Å². The molecule has 1 saturated heterocycles. The Hall–Kier alpha value is -5.25. The molecule has 0 aromatic heterocycles. The average molecular weight is 784 g/mol. The number of aliphatic carboxylic acids is 1. The largest absolute Gasteiger partial charge is 0.480 e. The van der Waals surface area contributed by atoms with E-state index in [1.54, 1.807) is 27.7 Å². The van der Waals surface area contributed by atoms with Crippen LogP contribution in [0, 0.1) is 11.8 Å². The Balaban J connectivity index is 2.92. The summed E-state index contributed by atoms with van der Waals surface area (Å²) in [7, 11) is 0. The summed E-state index contributed by atoms with van der Waals surface area (Å²) in [6.45, 7) is 6.24. The zero-order valence-electron chi connectivity index (χ0n) is 32.1. The van der Waals surface area contributed by atoms with Crippen molar-refractivity contribution < 1.29 is 43.8 Å². The minimum absolute atomic E-state index is 0.0125. The van der Waals surface area contributed by atoms with Crippen LogP contribution in [0.25, 0.3) is 0 Å². The fraction of sp³-hybridized carbons (Fsp3) is 0.727. The first-order valence-corrected chi connectivity index (χ1v) is 18.3. The first-order chi connectivity index (χ1) is 25.8. The van der Waals surface area contributed by atoms with E-state index in [0.717, 1.165) is 0 Å². The molecule has 6 amide bonds. The quantitative estimate of drug-likeness (QED) is 0.0249. The summed E-state index contributed by atoms with van der Waals surface area (Å²) in [4.78, 5) is 99.5. The van der Waals surface area contributed by atoms with E-state index >= 15 is 0 Å². The van der Waals surface area contributed by atoms with Gasteiger partial charge in [-0.15, -0.1) is 0 Å². The molecule has 1 aliphatic heterocycles. The van der Waals surface area contributed by atoms with Crippen LogP contribution in [0.3, 0.4) is 0 Å². The molecule has 0 saturated carbocycles. The maximum atomic E-state index is 13.5. The van der Waals surface area contributed by atoms with Crippen molar-refractivity contribution in [3.8, 4) is 0 Å². The molecule has 0 aliphatic carbocycles. The third-order valence-corrected chi connectivity index (χ3v) is 8.56. The fourth-order valence-electron chi connectivity index (χ4n) is 5.63. The number of hydrogen-bond donors (Lipinski definition) is 12. The summed E-state index contributed by atoms with van der Waals surface area (Å²) in [6.07, 6.45) is 1.79. The second-order valence-electron chi connectivity index (χ2n) is 14.0. The van der Waals surface area contributed by atoms with Crippen molar-refractivity contribution in [2.75, 3.05) is 32.8 Å². The molecule has 312 valence electrons. The molecule has 17 N–H and O–H groups in total. The van der Waals surface area contributed by atoms with E-state index in [0.29, 0.717) is 12.8 Å². The van der Waals surface area contributed by atoms with Crippen LogP contribution in [-0.2, 0) is 33.6 Å². The van der Waals surface area contributed by atoms with Gasteiger partial charge in [-0.25, -0.2) is 4.79 Å². The summed E-state index contributed by atoms with van der Waals surface area (Å²) in [5.74, 6) is -6.42. The Morgan fingerprint density at radius 2 is 1.33 bits per heavy atom. The van der Waals surface area contributed by atoms with E-state index in [2.05, 4.69) is 36.6 Å². The Kier molecular flexibility index (Phi) is 21.0. The molecule has 1 rings (SSSR count). The van der Waals surface area contributed by atoms with Crippen LogP contribution in [-0.4, -0.2) is 137 Å². The molecule has 0 radical (unpaired) electrons. The maximum Gasteiger partial charge on any atom is 0.326 e. The average Bonchev–Trinajstić information content (AvgIpc) is 3.60. The van der Waals surface area contributed by atoms with Gasteiger partial charge in [-0.05, 0) is 56.8 Å². The topological polar surface area (TPSA) is 378 Å². The van der Waals surface area contributed by atoms with Gasteiger partial charge in [0.1, 0.15) is 30.2 Å². The number of hydrogen-bond acceptors (Lipinski definition) is 11. The molecule has 0 aromatic carbocycles. The fourth-order valence-corrected chi connectivity index (χ4v) is 5.63. The van der Waals surface area contributed by atoms with Crippen LogP contribution in [0.4, 0.5) is 0 Å². The molecule has 1 aliphatic rings.